The Morgan fingerprint density at radius 3 is 2.43 bits per heavy atom. The van der Waals surface area contributed by atoms with E-state index in [4.69, 9.17) is 9.72 Å². The minimum atomic E-state index is -0.308. The minimum Gasteiger partial charge on any atom is -0.481 e. The van der Waals surface area contributed by atoms with Crippen molar-refractivity contribution in [2.75, 3.05) is 20.8 Å². The lowest BCUT2D eigenvalue weighted by Crippen LogP contribution is -2.23. The lowest BCUT2D eigenvalue weighted by molar-refractivity contribution is -0.139. The number of hydrogen-bond donors (Lipinski definition) is 1. The molecule has 0 unspecified atom stereocenters. The number of carbonyl (C=O) groups excluding carboxylic acids is 1. The molecular weight excluding hydrogens is 352 g/mol. The van der Waals surface area contributed by atoms with Gasteiger partial charge in [-0.3, -0.25) is 4.79 Å². The fourth-order valence-electron chi connectivity index (χ4n) is 3.15. The number of methoxy groups -OCH3 is 2. The van der Waals surface area contributed by atoms with E-state index in [-0.39, 0.29) is 12.5 Å². The molecule has 0 spiro atoms. The number of aromatic nitrogens is 1. The van der Waals surface area contributed by atoms with Gasteiger partial charge in [-0.15, -0.1) is 0 Å². The van der Waals surface area contributed by atoms with E-state index >= 15 is 0 Å². The van der Waals surface area contributed by atoms with Crippen molar-refractivity contribution in [1.29, 1.82) is 0 Å². The van der Waals surface area contributed by atoms with Crippen LogP contribution >= 0.6 is 0 Å². The second-order valence-corrected chi connectivity index (χ2v) is 6.39. The molecule has 1 aromatic heterocycles. The number of pyridine rings is 1. The van der Waals surface area contributed by atoms with E-state index in [1.54, 1.807) is 7.11 Å². The third-order valence-electron chi connectivity index (χ3n) is 4.64. The second-order valence-electron chi connectivity index (χ2n) is 6.39. The quantitative estimate of drug-likeness (QED) is 0.632. The van der Waals surface area contributed by atoms with Gasteiger partial charge in [0.1, 0.15) is 0 Å². The summed E-state index contributed by atoms with van der Waals surface area (Å²) in [4.78, 5) is 15.9. The van der Waals surface area contributed by atoms with E-state index in [1.165, 1.54) is 23.8 Å². The van der Waals surface area contributed by atoms with Gasteiger partial charge >= 0.3 is 5.97 Å². The number of nitrogens with zero attached hydrogens (tertiary/aromatic N) is 1. The molecule has 0 saturated carbocycles. The van der Waals surface area contributed by atoms with Crippen molar-refractivity contribution in [3.05, 3.63) is 71.8 Å². The highest BCUT2D eigenvalue weighted by atomic mass is 16.5. The molecule has 1 N–H and O–H groups in total. The van der Waals surface area contributed by atoms with Crippen molar-refractivity contribution in [3.63, 3.8) is 0 Å². The van der Waals surface area contributed by atoms with Gasteiger partial charge in [-0.25, -0.2) is 4.98 Å². The van der Waals surface area contributed by atoms with E-state index in [1.807, 2.05) is 36.4 Å². The molecular formula is C23H24N2O3. The van der Waals surface area contributed by atoms with Crippen LogP contribution in [0.25, 0.3) is 22.4 Å². The molecule has 0 saturated heterocycles. The molecule has 0 bridgehead atoms. The van der Waals surface area contributed by atoms with Gasteiger partial charge < -0.3 is 14.8 Å². The van der Waals surface area contributed by atoms with Crippen molar-refractivity contribution < 1.29 is 14.3 Å². The predicted octanol–water partition coefficient (Wildman–Crippen LogP) is 4.00. The molecule has 2 aromatic carbocycles. The van der Waals surface area contributed by atoms with Gasteiger partial charge in [-0.05, 0) is 29.7 Å². The number of esters is 1. The molecule has 0 aliphatic heterocycles. The molecule has 0 atom stereocenters. The van der Waals surface area contributed by atoms with Crippen LogP contribution in [0.4, 0.5) is 0 Å². The van der Waals surface area contributed by atoms with Crippen molar-refractivity contribution in [1.82, 2.24) is 10.3 Å². The molecule has 0 radical (unpaired) electrons. The fourth-order valence-corrected chi connectivity index (χ4v) is 3.15. The van der Waals surface area contributed by atoms with Crippen molar-refractivity contribution in [3.8, 4) is 28.3 Å². The van der Waals surface area contributed by atoms with Crippen LogP contribution in [-0.2, 0) is 16.1 Å². The van der Waals surface area contributed by atoms with Crippen LogP contribution in [0.1, 0.15) is 11.1 Å². The molecule has 144 valence electrons. The maximum atomic E-state index is 11.3. The van der Waals surface area contributed by atoms with Gasteiger partial charge in [0.05, 0.1) is 26.5 Å². The summed E-state index contributed by atoms with van der Waals surface area (Å²) in [6.45, 7) is 2.71. The van der Waals surface area contributed by atoms with Crippen LogP contribution in [0.3, 0.4) is 0 Å². The van der Waals surface area contributed by atoms with E-state index in [0.29, 0.717) is 12.4 Å². The summed E-state index contributed by atoms with van der Waals surface area (Å²) >= 11 is 0. The molecule has 1 heterocycles. The predicted molar refractivity (Wildman–Crippen MR) is 110 cm³/mol. The first-order chi connectivity index (χ1) is 13.6. The number of nitrogens with one attached hydrogen (secondary N) is 1. The largest absolute Gasteiger partial charge is 0.481 e. The Morgan fingerprint density at radius 2 is 1.71 bits per heavy atom. The van der Waals surface area contributed by atoms with Crippen molar-refractivity contribution in [2.24, 2.45) is 0 Å². The Morgan fingerprint density at radius 1 is 0.964 bits per heavy atom. The van der Waals surface area contributed by atoms with Crippen LogP contribution in [0.2, 0.25) is 0 Å². The normalized spacial score (nSPS) is 10.5. The second kappa shape index (κ2) is 9.15. The zero-order valence-corrected chi connectivity index (χ0v) is 16.4. The average molecular weight is 376 g/mol. The molecule has 0 aliphatic rings. The van der Waals surface area contributed by atoms with Crippen LogP contribution < -0.4 is 10.1 Å². The summed E-state index contributed by atoms with van der Waals surface area (Å²) in [6.07, 6.45) is 0. The van der Waals surface area contributed by atoms with Crippen LogP contribution in [0, 0.1) is 6.92 Å². The van der Waals surface area contributed by atoms with Crippen LogP contribution in [0.5, 0.6) is 5.88 Å². The molecule has 28 heavy (non-hydrogen) atoms. The first kappa shape index (κ1) is 19.6. The van der Waals surface area contributed by atoms with E-state index in [9.17, 15) is 4.79 Å². The Bertz CT molecular complexity index is 955. The number of ether oxygens (including phenoxy) is 2. The summed E-state index contributed by atoms with van der Waals surface area (Å²) in [5, 5.41) is 3.03. The monoisotopic (exact) mass is 376 g/mol. The molecule has 0 fully saturated rings. The summed E-state index contributed by atoms with van der Waals surface area (Å²) in [6, 6.07) is 20.5. The Hall–Kier alpha value is -3.18. The first-order valence-corrected chi connectivity index (χ1v) is 9.11. The third-order valence-corrected chi connectivity index (χ3v) is 4.64. The maximum Gasteiger partial charge on any atom is 0.319 e. The molecule has 0 aliphatic carbocycles. The Balaban J connectivity index is 1.89. The molecule has 0 amide bonds. The third kappa shape index (κ3) is 4.38. The number of rotatable bonds is 7. The van der Waals surface area contributed by atoms with Crippen LogP contribution in [-0.4, -0.2) is 31.7 Å². The Labute approximate surface area is 165 Å². The summed E-state index contributed by atoms with van der Waals surface area (Å²) in [5.41, 5.74) is 6.32. The number of benzene rings is 2. The van der Waals surface area contributed by atoms with Gasteiger partial charge in [-0.2, -0.15) is 0 Å². The van der Waals surface area contributed by atoms with Crippen molar-refractivity contribution in [2.45, 2.75) is 13.5 Å². The molecule has 5 nitrogen and oxygen atoms in total. The zero-order valence-electron chi connectivity index (χ0n) is 16.4. The Kier molecular flexibility index (Phi) is 6.40. The van der Waals surface area contributed by atoms with E-state index in [2.05, 4.69) is 41.2 Å². The van der Waals surface area contributed by atoms with E-state index in [0.717, 1.165) is 16.8 Å². The fraction of sp³-hybridized carbons (Fsp3) is 0.217. The summed E-state index contributed by atoms with van der Waals surface area (Å²) in [7, 11) is 2.97. The summed E-state index contributed by atoms with van der Waals surface area (Å²) < 4.78 is 10.1. The number of carbonyl (C=O) groups is 1. The van der Waals surface area contributed by atoms with E-state index < -0.39 is 0 Å². The molecule has 3 aromatic rings. The average Bonchev–Trinajstić information content (AvgIpc) is 2.74. The van der Waals surface area contributed by atoms with Gasteiger partial charge in [0.15, 0.2) is 0 Å². The van der Waals surface area contributed by atoms with Gasteiger partial charge in [0, 0.05) is 17.7 Å². The van der Waals surface area contributed by atoms with Gasteiger partial charge in [0.25, 0.3) is 0 Å². The number of hydrogen-bond acceptors (Lipinski definition) is 5. The van der Waals surface area contributed by atoms with Gasteiger partial charge in [0.2, 0.25) is 5.88 Å². The maximum absolute atomic E-state index is 11.3. The minimum absolute atomic E-state index is 0.139. The zero-order chi connectivity index (χ0) is 19.9. The highest BCUT2D eigenvalue weighted by Gasteiger charge is 2.12. The van der Waals surface area contributed by atoms with Crippen LogP contribution in [0.15, 0.2) is 60.7 Å². The smallest absolute Gasteiger partial charge is 0.319 e. The topological polar surface area (TPSA) is 60.5 Å². The standard InChI is InChI=1S/C23H24N2O3/c1-16-19(17-8-5-4-6-9-17)10-7-11-20(16)21-13-12-18(23(25-21)28-3)14-24-15-22(26)27-2/h4-13,24H,14-15H2,1-3H3. The first-order valence-electron chi connectivity index (χ1n) is 9.11. The summed E-state index contributed by atoms with van der Waals surface area (Å²) in [5.74, 6) is 0.233. The molecule has 5 heteroatoms. The lowest BCUT2D eigenvalue weighted by atomic mass is 9.94. The van der Waals surface area contributed by atoms with Gasteiger partial charge in [-0.1, -0.05) is 54.6 Å². The molecule has 3 rings (SSSR count). The highest BCUT2D eigenvalue weighted by molar-refractivity contribution is 5.77. The SMILES string of the molecule is COC(=O)CNCc1ccc(-c2cccc(-c3ccccc3)c2C)nc1OC. The highest BCUT2D eigenvalue weighted by Crippen LogP contribution is 2.32. The lowest BCUT2D eigenvalue weighted by Gasteiger charge is -2.14. The van der Waals surface area contributed by atoms with Crippen molar-refractivity contribution >= 4 is 5.97 Å².